The average Bonchev–Trinajstić information content (AvgIpc) is 1.86. The highest BCUT2D eigenvalue weighted by Gasteiger charge is 1.99. The zero-order valence-electron chi connectivity index (χ0n) is 3.98. The van der Waals surface area contributed by atoms with Crippen molar-refractivity contribution in [3.63, 3.8) is 0 Å². The first-order chi connectivity index (χ1) is 2.89. The summed E-state index contributed by atoms with van der Waals surface area (Å²) in [5.74, 6) is 0.968. The summed E-state index contributed by atoms with van der Waals surface area (Å²) in [4.78, 5) is 3.86. The molecule has 1 rings (SSSR count). The first kappa shape index (κ1) is 6.50. The van der Waals surface area contributed by atoms with Crippen LogP contribution in [0.4, 0.5) is 0 Å². The lowest BCUT2D eigenvalue weighted by Crippen LogP contribution is -3.00. The third kappa shape index (κ3) is 1.59. The van der Waals surface area contributed by atoms with Gasteiger partial charge < -0.3 is 12.4 Å². The minimum Gasteiger partial charge on any atom is -1.00 e. The van der Waals surface area contributed by atoms with Gasteiger partial charge in [-0.2, -0.15) is 0 Å². The van der Waals surface area contributed by atoms with Crippen LogP contribution < -0.4 is 22.7 Å². The van der Waals surface area contributed by atoms with Gasteiger partial charge in [0.2, 0.25) is 0 Å². The largest absolute Gasteiger partial charge is 1.00 e. The van der Waals surface area contributed by atoms with Crippen LogP contribution in [-0.2, 0) is 0 Å². The lowest BCUT2D eigenvalue weighted by Gasteiger charge is -1.69. The number of nitrogens with one attached hydrogen (secondary N) is 1. The predicted octanol–water partition coefficient (Wildman–Crippen LogP) is -3.18. The summed E-state index contributed by atoms with van der Waals surface area (Å²) < 4.78 is 0. The molecule has 0 atom stereocenters. The van der Waals surface area contributed by atoms with Crippen LogP contribution in [0.1, 0.15) is 6.92 Å². The van der Waals surface area contributed by atoms with Crippen molar-refractivity contribution in [2.24, 2.45) is 0 Å². The molecule has 0 fully saturated rings. The smallest absolute Gasteiger partial charge is 0.293 e. The summed E-state index contributed by atoms with van der Waals surface area (Å²) in [6, 6.07) is 0. The predicted molar refractivity (Wildman–Crippen MR) is 25.1 cm³/mol. The van der Waals surface area contributed by atoms with Crippen LogP contribution in [0.2, 0.25) is 0 Å². The van der Waals surface area contributed by atoms with E-state index in [0.29, 0.717) is 0 Å². The fourth-order valence-electron chi connectivity index (χ4n) is 0.344. The molecule has 1 aliphatic heterocycles. The van der Waals surface area contributed by atoms with Gasteiger partial charge in [-0.3, -0.25) is 0 Å². The van der Waals surface area contributed by atoms with Gasteiger partial charge in [0.25, 0.3) is 5.84 Å². The lowest BCUT2D eigenvalue weighted by atomic mass is 10.7. The maximum absolute atomic E-state index is 3.86. The third-order valence-electron chi connectivity index (χ3n) is 0.635. The van der Waals surface area contributed by atoms with Crippen LogP contribution in [0.5, 0.6) is 0 Å². The second-order valence-electron chi connectivity index (χ2n) is 1.17. The van der Waals surface area contributed by atoms with Gasteiger partial charge in [0.1, 0.15) is 6.20 Å². The van der Waals surface area contributed by atoms with Crippen LogP contribution in [-0.4, -0.2) is 5.84 Å². The van der Waals surface area contributed by atoms with E-state index in [1.54, 1.807) is 12.4 Å². The summed E-state index contributed by atoms with van der Waals surface area (Å²) in [6.45, 7) is 1.92. The summed E-state index contributed by atoms with van der Waals surface area (Å²) in [6.07, 6.45) is 3.53. The molecule has 7 heavy (non-hydrogen) atoms. The van der Waals surface area contributed by atoms with Crippen molar-refractivity contribution in [2.75, 3.05) is 0 Å². The van der Waals surface area contributed by atoms with Crippen molar-refractivity contribution >= 4 is 5.84 Å². The van der Waals surface area contributed by atoms with Crippen LogP contribution in [0.25, 0.3) is 0 Å². The van der Waals surface area contributed by atoms with Crippen molar-refractivity contribution in [3.8, 4) is 0 Å². The Morgan fingerprint density at radius 3 is 2.57 bits per heavy atom. The molecule has 0 aromatic carbocycles. The number of nitrogens with zero attached hydrogens (tertiary/aromatic N) is 1. The Morgan fingerprint density at radius 1 is 1.71 bits per heavy atom. The highest BCUT2D eigenvalue weighted by Crippen LogP contribution is 1.70. The van der Waals surface area contributed by atoms with E-state index in [-0.39, 0.29) is 12.4 Å². The summed E-state index contributed by atoms with van der Waals surface area (Å²) in [7, 11) is 0. The Hall–Kier alpha value is -0.500. The van der Waals surface area contributed by atoms with Crippen molar-refractivity contribution in [3.05, 3.63) is 12.4 Å². The number of aliphatic imine (C=N–C) groups is 1. The third-order valence-corrected chi connectivity index (χ3v) is 0.635. The first-order valence-corrected chi connectivity index (χ1v) is 1.85. The number of halogens is 1. The van der Waals surface area contributed by atoms with Gasteiger partial charge in [0, 0.05) is 6.92 Å². The van der Waals surface area contributed by atoms with Crippen LogP contribution >= 0.6 is 0 Å². The van der Waals surface area contributed by atoms with E-state index in [0.717, 1.165) is 5.84 Å². The van der Waals surface area contributed by atoms with E-state index in [9.17, 15) is 0 Å². The van der Waals surface area contributed by atoms with Crippen LogP contribution in [0.15, 0.2) is 12.4 Å². The van der Waals surface area contributed by atoms with Gasteiger partial charge in [0.15, 0.2) is 6.20 Å². The molecule has 1 radical (unpaired) electrons. The van der Waals surface area contributed by atoms with Crippen LogP contribution in [0, 0.1) is 0 Å². The molecule has 0 aromatic heterocycles. The minimum atomic E-state index is 0. The van der Waals surface area contributed by atoms with Crippen molar-refractivity contribution in [1.29, 1.82) is 0 Å². The Labute approximate surface area is 48.7 Å². The molecule has 3 heteroatoms. The molecular weight excluding hydrogens is 112 g/mol. The highest BCUT2D eigenvalue weighted by atomic mass is 35.5. The second kappa shape index (κ2) is 2.64. The Bertz CT molecular complexity index is 106. The topological polar surface area (TPSA) is 26.1 Å². The van der Waals surface area contributed by atoms with Gasteiger partial charge in [-0.1, -0.05) is 4.99 Å². The second-order valence-corrected chi connectivity index (χ2v) is 1.17. The van der Waals surface area contributed by atoms with E-state index >= 15 is 0 Å². The molecule has 2 nitrogen and oxygen atoms in total. The van der Waals surface area contributed by atoms with Crippen LogP contribution in [0.3, 0.4) is 0 Å². The zero-order valence-corrected chi connectivity index (χ0v) is 4.74. The molecule has 0 aliphatic carbocycles. The minimum absolute atomic E-state index is 0. The standard InChI is InChI=1S/C4H6N2.ClH/c1-4-5-2-3-6-4;/h2-3,5H,1H3;1H/q+1;/p-1. The van der Waals surface area contributed by atoms with Gasteiger partial charge in [0.05, 0.1) is 0 Å². The zero-order chi connectivity index (χ0) is 4.41. The fraction of sp³-hybridized carbons (Fsp3) is 0.250. The highest BCUT2D eigenvalue weighted by molar-refractivity contribution is 5.81. The quantitative estimate of drug-likeness (QED) is 0.356. The molecule has 1 aliphatic rings. The van der Waals surface area contributed by atoms with E-state index < -0.39 is 0 Å². The molecule has 39 valence electrons. The van der Waals surface area contributed by atoms with Crippen molar-refractivity contribution in [2.45, 2.75) is 6.92 Å². The molecule has 0 unspecified atom stereocenters. The van der Waals surface area contributed by atoms with E-state index in [1.807, 2.05) is 6.92 Å². The Kier molecular flexibility index (Phi) is 2.45. The molecule has 0 spiro atoms. The number of rotatable bonds is 0. The number of hydrogen-bond donors (Lipinski definition) is 1. The molecule has 1 N–H and O–H groups in total. The average molecular weight is 118 g/mol. The fourth-order valence-corrected chi connectivity index (χ4v) is 0.344. The van der Waals surface area contributed by atoms with Crippen molar-refractivity contribution in [1.82, 2.24) is 10.3 Å². The molecule has 0 bridgehead atoms. The normalized spacial score (nSPS) is 14.7. The lowest BCUT2D eigenvalue weighted by molar-refractivity contribution is -0.00000148. The molecule has 0 saturated carbocycles. The van der Waals surface area contributed by atoms with Gasteiger partial charge >= 0.3 is 0 Å². The maximum Gasteiger partial charge on any atom is 0.293 e. The molecule has 0 aromatic rings. The van der Waals surface area contributed by atoms with Gasteiger partial charge in [-0.05, 0) is 0 Å². The molecule has 0 saturated heterocycles. The Morgan fingerprint density at radius 2 is 2.43 bits per heavy atom. The number of amidine groups is 1. The monoisotopic (exact) mass is 117 g/mol. The van der Waals surface area contributed by atoms with E-state index in [1.165, 1.54) is 0 Å². The van der Waals surface area contributed by atoms with E-state index in [2.05, 4.69) is 10.3 Å². The molecule has 1 heterocycles. The number of hydrogen-bond acceptors (Lipinski definition) is 2. The van der Waals surface area contributed by atoms with E-state index in [4.69, 9.17) is 0 Å². The van der Waals surface area contributed by atoms with Gasteiger partial charge in [-0.25, -0.2) is 5.32 Å². The SMILES string of the molecule is CC1=[N+]C=CN1.[Cl-]. The Balaban J connectivity index is 0.000000360. The molecule has 0 amide bonds. The molecular formula is C4H6ClN2. The first-order valence-electron chi connectivity index (χ1n) is 1.85. The summed E-state index contributed by atoms with van der Waals surface area (Å²) >= 11 is 0. The van der Waals surface area contributed by atoms with Gasteiger partial charge in [-0.15, -0.1) is 0 Å². The summed E-state index contributed by atoms with van der Waals surface area (Å²) in [5, 5.41) is 2.89. The maximum atomic E-state index is 3.86. The van der Waals surface area contributed by atoms with Crippen molar-refractivity contribution < 1.29 is 12.4 Å². The summed E-state index contributed by atoms with van der Waals surface area (Å²) in [5.41, 5.74) is 0.